The molecular formula is C22H31FN2O5S. The zero-order chi connectivity index (χ0) is 23.0. The van der Waals surface area contributed by atoms with Gasteiger partial charge in [0.1, 0.15) is 23.1 Å². The van der Waals surface area contributed by atoms with E-state index in [4.69, 9.17) is 14.2 Å². The number of nitrogens with one attached hydrogen (secondary N) is 1. The first kappa shape index (κ1) is 24.9. The molecule has 0 aliphatic rings. The van der Waals surface area contributed by atoms with E-state index < -0.39 is 15.8 Å². The monoisotopic (exact) mass is 454 g/mol. The van der Waals surface area contributed by atoms with Gasteiger partial charge < -0.3 is 19.5 Å². The average Bonchev–Trinajstić information content (AvgIpc) is 2.72. The Morgan fingerprint density at radius 3 is 2.42 bits per heavy atom. The summed E-state index contributed by atoms with van der Waals surface area (Å²) in [5, 5.41) is 3.32. The van der Waals surface area contributed by atoms with Crippen molar-refractivity contribution in [1.82, 2.24) is 9.62 Å². The molecule has 0 spiro atoms. The van der Waals surface area contributed by atoms with Gasteiger partial charge in [0.15, 0.2) is 11.5 Å². The molecule has 0 aliphatic carbocycles. The topological polar surface area (TPSA) is 77.1 Å². The van der Waals surface area contributed by atoms with Gasteiger partial charge in [-0.15, -0.1) is 0 Å². The lowest BCUT2D eigenvalue weighted by molar-refractivity contribution is 0.285. The highest BCUT2D eigenvalue weighted by molar-refractivity contribution is 7.89. The Hall–Kier alpha value is -2.36. The predicted molar refractivity (Wildman–Crippen MR) is 118 cm³/mol. The van der Waals surface area contributed by atoms with Gasteiger partial charge in [0.2, 0.25) is 10.0 Å². The second-order valence-corrected chi connectivity index (χ2v) is 9.32. The van der Waals surface area contributed by atoms with E-state index in [1.54, 1.807) is 12.1 Å². The molecule has 2 aromatic rings. The van der Waals surface area contributed by atoms with E-state index in [0.29, 0.717) is 43.4 Å². The Labute approximate surface area is 184 Å². The van der Waals surface area contributed by atoms with Gasteiger partial charge in [-0.3, -0.25) is 0 Å². The van der Waals surface area contributed by atoms with Crippen LogP contribution in [0.1, 0.15) is 19.4 Å². The predicted octanol–water partition coefficient (Wildman–Crippen LogP) is 3.08. The third kappa shape index (κ3) is 6.81. The average molecular weight is 455 g/mol. The van der Waals surface area contributed by atoms with Crippen LogP contribution < -0.4 is 19.5 Å². The lowest BCUT2D eigenvalue weighted by Gasteiger charge is -2.18. The van der Waals surface area contributed by atoms with Gasteiger partial charge in [0.05, 0.1) is 13.7 Å². The Kier molecular flexibility index (Phi) is 9.09. The molecule has 172 valence electrons. The van der Waals surface area contributed by atoms with Gasteiger partial charge in [0, 0.05) is 32.7 Å². The molecule has 1 atom stereocenters. The van der Waals surface area contributed by atoms with Crippen LogP contribution in [0.15, 0.2) is 41.3 Å². The molecule has 0 radical (unpaired) electrons. The van der Waals surface area contributed by atoms with E-state index in [0.717, 1.165) is 5.56 Å². The minimum Gasteiger partial charge on any atom is -0.493 e. The molecule has 0 fully saturated rings. The molecule has 7 nitrogen and oxygen atoms in total. The Morgan fingerprint density at radius 1 is 1.06 bits per heavy atom. The van der Waals surface area contributed by atoms with Crippen LogP contribution in [0.4, 0.5) is 4.39 Å². The first-order valence-electron chi connectivity index (χ1n) is 10.1. The van der Waals surface area contributed by atoms with E-state index in [-0.39, 0.29) is 10.9 Å². The van der Waals surface area contributed by atoms with E-state index in [2.05, 4.69) is 5.32 Å². The zero-order valence-electron chi connectivity index (χ0n) is 18.6. The molecule has 9 heteroatoms. The van der Waals surface area contributed by atoms with Gasteiger partial charge in [-0.2, -0.15) is 0 Å². The molecule has 0 bridgehead atoms. The van der Waals surface area contributed by atoms with Crippen molar-refractivity contribution < 1.29 is 27.0 Å². The van der Waals surface area contributed by atoms with Crippen LogP contribution in [0, 0.1) is 5.82 Å². The summed E-state index contributed by atoms with van der Waals surface area (Å²) in [5.74, 6) is 0.773. The largest absolute Gasteiger partial charge is 0.493 e. The van der Waals surface area contributed by atoms with Crippen molar-refractivity contribution >= 4 is 10.0 Å². The zero-order valence-corrected chi connectivity index (χ0v) is 19.5. The first-order chi connectivity index (χ1) is 14.7. The van der Waals surface area contributed by atoms with E-state index in [1.807, 2.05) is 19.9 Å². The van der Waals surface area contributed by atoms with Gasteiger partial charge in [0.25, 0.3) is 0 Å². The molecule has 2 rings (SSSR count). The third-order valence-electron chi connectivity index (χ3n) is 4.59. The quantitative estimate of drug-likeness (QED) is 0.497. The molecule has 0 saturated heterocycles. The maximum atomic E-state index is 13.4. The smallest absolute Gasteiger partial charge is 0.246 e. The van der Waals surface area contributed by atoms with Gasteiger partial charge in [-0.25, -0.2) is 17.1 Å². The lowest BCUT2D eigenvalue weighted by atomic mass is 10.1. The molecule has 31 heavy (non-hydrogen) atoms. The minimum atomic E-state index is -3.62. The summed E-state index contributed by atoms with van der Waals surface area (Å²) >= 11 is 0. The van der Waals surface area contributed by atoms with Gasteiger partial charge in [-0.1, -0.05) is 6.07 Å². The summed E-state index contributed by atoms with van der Waals surface area (Å²) in [6.07, 6.45) is 0.617. The third-order valence-corrected chi connectivity index (χ3v) is 6.42. The Balaban J connectivity index is 1.98. The standard InChI is InChI=1S/C22H31FN2O5S/c1-6-29-20-9-7-17(14-22(20)31(26,27)25(3)4)13-16(2)24-11-12-30-21-15-18(23)8-10-19(21)28-5/h7-10,14-16,24H,6,11-13H2,1-5H3. The SMILES string of the molecule is CCOc1ccc(CC(C)NCCOc2cc(F)ccc2OC)cc1S(=O)(=O)N(C)C. The molecule has 1 unspecified atom stereocenters. The second-order valence-electron chi connectivity index (χ2n) is 7.20. The van der Waals surface area contributed by atoms with E-state index >= 15 is 0 Å². The highest BCUT2D eigenvalue weighted by Gasteiger charge is 2.23. The number of hydrogen-bond acceptors (Lipinski definition) is 6. The van der Waals surface area contributed by atoms with Crippen molar-refractivity contribution in [3.8, 4) is 17.2 Å². The van der Waals surface area contributed by atoms with Crippen molar-refractivity contribution in [3.63, 3.8) is 0 Å². The summed E-state index contributed by atoms with van der Waals surface area (Å²) in [4.78, 5) is 0.158. The number of halogens is 1. The maximum Gasteiger partial charge on any atom is 0.246 e. The summed E-state index contributed by atoms with van der Waals surface area (Å²) < 4.78 is 56.2. The fourth-order valence-electron chi connectivity index (χ4n) is 3.01. The summed E-state index contributed by atoms with van der Waals surface area (Å²) in [7, 11) is 0.869. The molecule has 0 aliphatic heterocycles. The summed E-state index contributed by atoms with van der Waals surface area (Å²) in [6, 6.07) is 9.40. The van der Waals surface area contributed by atoms with Crippen molar-refractivity contribution in [3.05, 3.63) is 47.8 Å². The lowest BCUT2D eigenvalue weighted by Crippen LogP contribution is -2.32. The molecular weight excluding hydrogens is 423 g/mol. The number of hydrogen-bond donors (Lipinski definition) is 1. The first-order valence-corrected chi connectivity index (χ1v) is 11.5. The minimum absolute atomic E-state index is 0.0610. The fourth-order valence-corrected chi connectivity index (χ4v) is 4.08. The second kappa shape index (κ2) is 11.3. The molecule has 2 aromatic carbocycles. The molecule has 1 N–H and O–H groups in total. The maximum absolute atomic E-state index is 13.4. The number of ether oxygens (including phenoxy) is 3. The molecule has 0 heterocycles. The highest BCUT2D eigenvalue weighted by atomic mass is 32.2. The molecule has 0 aromatic heterocycles. The van der Waals surface area contributed by atoms with Crippen molar-refractivity contribution in [2.75, 3.05) is 41.0 Å². The van der Waals surface area contributed by atoms with Gasteiger partial charge in [-0.05, 0) is 50.1 Å². The van der Waals surface area contributed by atoms with Crippen LogP contribution in [-0.2, 0) is 16.4 Å². The van der Waals surface area contributed by atoms with Crippen LogP contribution in [-0.4, -0.2) is 59.7 Å². The van der Waals surface area contributed by atoms with Crippen LogP contribution >= 0.6 is 0 Å². The molecule has 0 amide bonds. The van der Waals surface area contributed by atoms with Crippen LogP contribution in [0.2, 0.25) is 0 Å². The Morgan fingerprint density at radius 2 is 1.77 bits per heavy atom. The number of nitrogens with zero attached hydrogens (tertiary/aromatic N) is 1. The summed E-state index contributed by atoms with van der Waals surface area (Å²) in [5.41, 5.74) is 0.872. The van der Waals surface area contributed by atoms with Crippen LogP contribution in [0.5, 0.6) is 17.2 Å². The van der Waals surface area contributed by atoms with E-state index in [1.165, 1.54) is 43.7 Å². The normalized spacial score (nSPS) is 12.6. The Bertz CT molecular complexity index is 966. The number of sulfonamides is 1. The van der Waals surface area contributed by atoms with Crippen molar-refractivity contribution in [2.24, 2.45) is 0 Å². The highest BCUT2D eigenvalue weighted by Crippen LogP contribution is 2.28. The van der Waals surface area contributed by atoms with Crippen LogP contribution in [0.25, 0.3) is 0 Å². The molecule has 0 saturated carbocycles. The number of methoxy groups -OCH3 is 1. The van der Waals surface area contributed by atoms with Crippen molar-refractivity contribution in [1.29, 1.82) is 0 Å². The summed E-state index contributed by atoms with van der Waals surface area (Å²) in [6.45, 7) is 5.05. The van der Waals surface area contributed by atoms with E-state index in [9.17, 15) is 12.8 Å². The van der Waals surface area contributed by atoms with Crippen molar-refractivity contribution in [2.45, 2.75) is 31.2 Å². The van der Waals surface area contributed by atoms with Crippen LogP contribution in [0.3, 0.4) is 0 Å². The number of rotatable bonds is 12. The van der Waals surface area contributed by atoms with Gasteiger partial charge >= 0.3 is 0 Å². The fraction of sp³-hybridized carbons (Fsp3) is 0.455. The number of benzene rings is 2.